The highest BCUT2D eigenvalue weighted by atomic mass is 32.2. The Morgan fingerprint density at radius 3 is 2.44 bits per heavy atom. The van der Waals surface area contributed by atoms with Gasteiger partial charge >= 0.3 is 6.43 Å². The first kappa shape index (κ1) is 27.3. The highest BCUT2D eigenvalue weighted by Gasteiger charge is 2.54. The van der Waals surface area contributed by atoms with Gasteiger partial charge in [-0.2, -0.15) is 18.2 Å². The molecule has 5 rings (SSSR count). The van der Waals surface area contributed by atoms with E-state index in [0.29, 0.717) is 35.9 Å². The van der Waals surface area contributed by atoms with Crippen molar-refractivity contribution in [3.05, 3.63) is 41.1 Å². The number of hydrogen-bond donors (Lipinski definition) is 1. The number of halogens is 2. The molecular weight excluding hydrogens is 556 g/mol. The number of sulfonamides is 2. The number of benzene rings is 1. The van der Waals surface area contributed by atoms with Crippen LogP contribution in [0.15, 0.2) is 27.5 Å². The number of hydrogen-bond acceptors (Lipinski definition) is 8. The van der Waals surface area contributed by atoms with Gasteiger partial charge in [0.15, 0.2) is 5.69 Å². The second kappa shape index (κ2) is 9.44. The molecule has 0 atom stereocenters. The maximum Gasteiger partial charge on any atom is 0.314 e. The average molecular weight is 582 g/mol. The summed E-state index contributed by atoms with van der Waals surface area (Å²) < 4.78 is 88.7. The molecule has 1 N–H and O–H groups in total. The minimum Gasteiger partial charge on any atom is -0.413 e. The fourth-order valence-electron chi connectivity index (χ4n) is 4.46. The third kappa shape index (κ3) is 4.84. The Labute approximate surface area is 223 Å². The van der Waals surface area contributed by atoms with Crippen LogP contribution in [0.1, 0.15) is 51.0 Å². The molecule has 0 radical (unpaired) electrons. The van der Waals surface area contributed by atoms with Crippen LogP contribution in [0.25, 0.3) is 32.9 Å². The first-order valence-corrected chi connectivity index (χ1v) is 15.0. The summed E-state index contributed by atoms with van der Waals surface area (Å²) >= 11 is 0. The molecule has 0 unspecified atom stereocenters. The van der Waals surface area contributed by atoms with E-state index in [-0.39, 0.29) is 35.0 Å². The molecule has 1 saturated carbocycles. The Kier molecular flexibility index (Phi) is 6.61. The smallest absolute Gasteiger partial charge is 0.314 e. The molecule has 1 fully saturated rings. The van der Waals surface area contributed by atoms with Crippen LogP contribution < -0.4 is 4.72 Å². The van der Waals surface area contributed by atoms with Gasteiger partial charge in [-0.3, -0.25) is 9.53 Å². The van der Waals surface area contributed by atoms with Gasteiger partial charge < -0.3 is 4.42 Å². The predicted octanol–water partition coefficient (Wildman–Crippen LogP) is 3.08. The average Bonchev–Trinajstić information content (AvgIpc) is 3.31. The van der Waals surface area contributed by atoms with Crippen molar-refractivity contribution in [1.29, 1.82) is 0 Å². The van der Waals surface area contributed by atoms with Crippen molar-refractivity contribution < 1.29 is 30.0 Å². The Balaban J connectivity index is 1.67. The first-order chi connectivity index (χ1) is 18.3. The molecule has 1 aliphatic heterocycles. The van der Waals surface area contributed by atoms with Gasteiger partial charge in [-0.1, -0.05) is 6.08 Å². The van der Waals surface area contributed by atoms with Crippen LogP contribution in [0, 0.1) is 6.57 Å². The molecule has 0 amide bonds. The van der Waals surface area contributed by atoms with Crippen molar-refractivity contribution in [3.63, 3.8) is 0 Å². The van der Waals surface area contributed by atoms with Crippen molar-refractivity contribution >= 4 is 36.5 Å². The molecule has 16 heteroatoms. The number of aromatic nitrogens is 4. The van der Waals surface area contributed by atoms with Gasteiger partial charge in [0.1, 0.15) is 0 Å². The zero-order valence-electron chi connectivity index (χ0n) is 21.2. The summed E-state index contributed by atoms with van der Waals surface area (Å²) in [5.41, 5.74) is 0.444. The van der Waals surface area contributed by atoms with E-state index in [1.807, 2.05) is 0 Å². The first-order valence-electron chi connectivity index (χ1n) is 12.0. The van der Waals surface area contributed by atoms with Gasteiger partial charge in [0, 0.05) is 31.1 Å². The van der Waals surface area contributed by atoms with Crippen LogP contribution in [0.5, 0.6) is 0 Å². The van der Waals surface area contributed by atoms with Crippen LogP contribution in [-0.4, -0.2) is 65.1 Å². The lowest BCUT2D eigenvalue weighted by atomic mass is 9.97. The quantitative estimate of drug-likeness (QED) is 0.400. The number of alkyl halides is 2. The maximum atomic E-state index is 13.4. The summed E-state index contributed by atoms with van der Waals surface area (Å²) in [7, 11) is -6.08. The van der Waals surface area contributed by atoms with Gasteiger partial charge in [0.2, 0.25) is 20.0 Å². The van der Waals surface area contributed by atoms with E-state index in [1.165, 1.54) is 21.1 Å². The van der Waals surface area contributed by atoms with Crippen molar-refractivity contribution in [2.24, 2.45) is 7.05 Å². The summed E-state index contributed by atoms with van der Waals surface area (Å²) in [5.74, 6) is -1.21. The van der Waals surface area contributed by atoms with Crippen molar-refractivity contribution in [2.45, 2.75) is 55.3 Å². The molecule has 0 saturated heterocycles. The Hall–Kier alpha value is -3.26. The van der Waals surface area contributed by atoms with E-state index in [9.17, 15) is 25.6 Å². The summed E-state index contributed by atoms with van der Waals surface area (Å²) in [5, 5.41) is 11.1. The second-order valence-electron chi connectivity index (χ2n) is 9.77. The summed E-state index contributed by atoms with van der Waals surface area (Å²) in [6.45, 7) is 10.9. The minimum atomic E-state index is -4.18. The van der Waals surface area contributed by atoms with Crippen LogP contribution in [0.2, 0.25) is 0 Å². The fraction of sp³-hybridized carbons (Fsp3) is 0.478. The maximum absolute atomic E-state index is 13.4. The van der Waals surface area contributed by atoms with Crippen molar-refractivity contribution in [3.8, 4) is 11.6 Å². The van der Waals surface area contributed by atoms with Gasteiger partial charge in [0.05, 0.1) is 28.5 Å². The molecule has 208 valence electrons. The van der Waals surface area contributed by atoms with E-state index in [0.717, 1.165) is 0 Å². The van der Waals surface area contributed by atoms with Crippen molar-refractivity contribution in [1.82, 2.24) is 29.0 Å². The molecule has 2 aliphatic rings. The minimum absolute atomic E-state index is 0.0111. The topological polar surface area (TPSA) is 145 Å². The van der Waals surface area contributed by atoms with Gasteiger partial charge in [0.25, 0.3) is 17.4 Å². The molecule has 3 heterocycles. The van der Waals surface area contributed by atoms with E-state index >= 15 is 0 Å². The fourth-order valence-corrected chi connectivity index (χ4v) is 7.09. The Morgan fingerprint density at radius 2 is 1.90 bits per heavy atom. The van der Waals surface area contributed by atoms with Crippen LogP contribution in [0.4, 0.5) is 8.78 Å². The molecule has 12 nitrogen and oxygen atoms in total. The molecule has 39 heavy (non-hydrogen) atoms. The standard InChI is InChI=1S/C23H25F2N7O5S2/c1-13(2)39(35,36)32-9-5-14(6-10-32)16-11-15(38(33,34)30-23(26-3)7-8-23)12-17-18(29-31(4)19(16)17)21-27-28-22(37-21)20(24)25/h5,11-13,20,30H,6-10H2,1-2,4H3. The summed E-state index contributed by atoms with van der Waals surface area (Å²) in [6, 6.07) is 2.78. The number of aryl methyl sites for hydroxylation is 1. The lowest BCUT2D eigenvalue weighted by Crippen LogP contribution is -2.39. The van der Waals surface area contributed by atoms with Gasteiger partial charge in [-0.25, -0.2) is 23.4 Å². The third-order valence-electron chi connectivity index (χ3n) is 6.79. The van der Waals surface area contributed by atoms with E-state index in [4.69, 9.17) is 11.0 Å². The SMILES string of the molecule is [C-]#[N+]C1(NS(=O)(=O)c2cc(C3=CCN(S(=O)(=O)C(C)C)CC3)c3c(c2)c(-c2nnc(C(F)F)o2)nn3C)CC1. The Morgan fingerprint density at radius 1 is 1.18 bits per heavy atom. The van der Waals surface area contributed by atoms with E-state index in [1.54, 1.807) is 27.0 Å². The molecular formula is C23H25F2N7O5S2. The molecule has 0 bridgehead atoms. The largest absolute Gasteiger partial charge is 0.413 e. The number of fused-ring (bicyclic) bond motifs is 1. The number of nitrogens with one attached hydrogen (secondary N) is 1. The third-order valence-corrected chi connectivity index (χ3v) is 10.5. The zero-order valence-corrected chi connectivity index (χ0v) is 22.9. The van der Waals surface area contributed by atoms with E-state index in [2.05, 4.69) is 24.9 Å². The zero-order chi connectivity index (χ0) is 28.3. The predicted molar refractivity (Wildman–Crippen MR) is 136 cm³/mol. The number of nitrogens with zero attached hydrogens (tertiary/aromatic N) is 6. The molecule has 0 spiro atoms. The molecule has 1 aromatic carbocycles. The molecule has 2 aromatic heterocycles. The Bertz CT molecular complexity index is 1750. The van der Waals surface area contributed by atoms with Crippen LogP contribution in [0.3, 0.4) is 0 Å². The monoisotopic (exact) mass is 581 g/mol. The summed E-state index contributed by atoms with van der Waals surface area (Å²) in [4.78, 5) is 3.25. The van der Waals surface area contributed by atoms with Gasteiger partial charge in [-0.15, -0.1) is 14.9 Å². The summed E-state index contributed by atoms with van der Waals surface area (Å²) in [6.07, 6.45) is -0.227. The number of rotatable bonds is 8. The lowest BCUT2D eigenvalue weighted by Gasteiger charge is -2.28. The lowest BCUT2D eigenvalue weighted by molar-refractivity contribution is 0.116. The molecule has 3 aromatic rings. The van der Waals surface area contributed by atoms with Crippen LogP contribution >= 0.6 is 0 Å². The normalized spacial score (nSPS) is 18.1. The van der Waals surface area contributed by atoms with Gasteiger partial charge in [-0.05, 0) is 38.0 Å². The second-order valence-corrected chi connectivity index (χ2v) is 13.9. The van der Waals surface area contributed by atoms with Crippen LogP contribution in [-0.2, 0) is 27.1 Å². The van der Waals surface area contributed by atoms with E-state index < -0.39 is 43.3 Å². The highest BCUT2D eigenvalue weighted by molar-refractivity contribution is 7.89. The highest BCUT2D eigenvalue weighted by Crippen LogP contribution is 2.40. The van der Waals surface area contributed by atoms with Crippen molar-refractivity contribution in [2.75, 3.05) is 13.1 Å². The molecule has 1 aliphatic carbocycles.